The van der Waals surface area contributed by atoms with Gasteiger partial charge in [0, 0.05) is 21.5 Å². The molecule has 1 saturated heterocycles. The number of amides is 3. The van der Waals surface area contributed by atoms with Gasteiger partial charge in [-0.25, -0.2) is 4.90 Å². The third kappa shape index (κ3) is 5.92. The van der Waals surface area contributed by atoms with Crippen LogP contribution in [0.2, 0.25) is 5.02 Å². The molecule has 3 atom stereocenters. The lowest BCUT2D eigenvalue weighted by Crippen LogP contribution is -2.32. The van der Waals surface area contributed by atoms with Gasteiger partial charge in [0.25, 0.3) is 5.91 Å². The Morgan fingerprint density at radius 1 is 1.02 bits per heavy atom. The lowest BCUT2D eigenvalue weighted by molar-refractivity contribution is -0.137. The topological polar surface area (TPSA) is 118 Å². The number of thiazole rings is 1. The van der Waals surface area contributed by atoms with E-state index in [4.69, 9.17) is 21.1 Å². The Bertz CT molecular complexity index is 1880. The van der Waals surface area contributed by atoms with E-state index < -0.39 is 53.2 Å². The zero-order valence-electron chi connectivity index (χ0n) is 23.0. The van der Waals surface area contributed by atoms with Crippen molar-refractivity contribution in [2.75, 3.05) is 23.9 Å². The number of H-pyrrole nitrogens is 1. The number of fused-ring (bicyclic) bond motifs is 2. The van der Waals surface area contributed by atoms with E-state index in [1.54, 1.807) is 36.4 Å². The van der Waals surface area contributed by atoms with Gasteiger partial charge in [-0.1, -0.05) is 46.8 Å². The molecule has 15 heteroatoms. The van der Waals surface area contributed by atoms with E-state index in [0.29, 0.717) is 26.2 Å². The first-order valence-corrected chi connectivity index (χ1v) is 15.3. The second kappa shape index (κ2) is 11.9. The first kappa shape index (κ1) is 30.7. The zero-order valence-corrected chi connectivity index (χ0v) is 25.4. The number of carbonyl (C=O) groups excluding carboxylic acids is 3. The first-order chi connectivity index (χ1) is 21.4. The molecular formula is C30H21ClF3N3O6S2. The Morgan fingerprint density at radius 2 is 1.78 bits per heavy atom. The zero-order chi connectivity index (χ0) is 32.0. The van der Waals surface area contributed by atoms with Crippen LogP contribution in [0, 0.1) is 5.92 Å². The van der Waals surface area contributed by atoms with Crippen LogP contribution in [0.25, 0.3) is 0 Å². The molecule has 0 saturated carbocycles. The Balaban J connectivity index is 1.26. The SMILES string of the molecule is COc1cc(C2c3sc(=O)[nH]c3SC3C(=O)N(c4ccc(Cl)cc4)C(=O)C32)ccc1OCC(=O)Nc1cccc(C(F)(F)F)c1. The van der Waals surface area contributed by atoms with Crippen LogP contribution in [-0.2, 0) is 20.6 Å². The average molecular weight is 676 g/mol. The van der Waals surface area contributed by atoms with Crippen molar-refractivity contribution in [3.05, 3.63) is 97.4 Å². The number of hydrogen-bond donors (Lipinski definition) is 2. The molecule has 0 aliphatic carbocycles. The van der Waals surface area contributed by atoms with Crippen molar-refractivity contribution in [1.82, 2.24) is 4.98 Å². The van der Waals surface area contributed by atoms with E-state index in [-0.39, 0.29) is 22.1 Å². The van der Waals surface area contributed by atoms with Crippen molar-refractivity contribution in [3.63, 3.8) is 0 Å². The van der Waals surface area contributed by atoms with Gasteiger partial charge in [0.1, 0.15) is 5.25 Å². The summed E-state index contributed by atoms with van der Waals surface area (Å²) in [6, 6.07) is 15.3. The Hall–Kier alpha value is -4.27. The standard InChI is InChI=1S/C30H21ClF3N3O6S2/c1-42-20-11-14(5-10-19(20)43-13-21(38)35-17-4-2-3-15(12-17)30(32,33)34)22-23-25(44-26-24(22)45-29(41)36-26)28(40)37(27(23)39)18-8-6-16(31)7-9-18/h2-12,22-23,25H,13H2,1H3,(H,35,38)(H,36,41). The van der Waals surface area contributed by atoms with Crippen LogP contribution < -0.4 is 24.6 Å². The minimum Gasteiger partial charge on any atom is -0.493 e. The van der Waals surface area contributed by atoms with Crippen molar-refractivity contribution in [2.24, 2.45) is 5.92 Å². The highest BCUT2D eigenvalue weighted by Crippen LogP contribution is 2.53. The van der Waals surface area contributed by atoms with E-state index in [1.165, 1.54) is 25.3 Å². The lowest BCUT2D eigenvalue weighted by atomic mass is 9.83. The molecule has 2 aliphatic rings. The summed E-state index contributed by atoms with van der Waals surface area (Å²) in [7, 11) is 1.38. The van der Waals surface area contributed by atoms with Gasteiger partial charge in [-0.2, -0.15) is 13.2 Å². The number of aromatic nitrogens is 1. The molecule has 232 valence electrons. The van der Waals surface area contributed by atoms with E-state index in [0.717, 1.165) is 40.1 Å². The van der Waals surface area contributed by atoms with E-state index in [9.17, 15) is 32.3 Å². The first-order valence-electron chi connectivity index (χ1n) is 13.3. The molecule has 3 amide bonds. The minimum atomic E-state index is -4.56. The fraction of sp³-hybridized carbons (Fsp3) is 0.200. The lowest BCUT2D eigenvalue weighted by Gasteiger charge is -2.30. The van der Waals surface area contributed by atoms with Crippen LogP contribution in [0.1, 0.15) is 21.9 Å². The predicted molar refractivity (Wildman–Crippen MR) is 162 cm³/mol. The maximum absolute atomic E-state index is 13.9. The fourth-order valence-electron chi connectivity index (χ4n) is 5.33. The van der Waals surface area contributed by atoms with Gasteiger partial charge in [-0.05, 0) is 60.2 Å². The molecule has 0 spiro atoms. The second-order valence-electron chi connectivity index (χ2n) is 10.1. The molecule has 4 aromatic rings. The predicted octanol–water partition coefficient (Wildman–Crippen LogP) is 5.93. The van der Waals surface area contributed by atoms with Crippen LogP contribution in [-0.4, -0.2) is 41.7 Å². The smallest absolute Gasteiger partial charge is 0.416 e. The van der Waals surface area contributed by atoms with Crippen molar-refractivity contribution in [2.45, 2.75) is 22.4 Å². The molecule has 2 N–H and O–H groups in total. The Kier molecular flexibility index (Phi) is 8.14. The highest BCUT2D eigenvalue weighted by atomic mass is 35.5. The molecule has 1 aromatic heterocycles. The number of nitrogens with zero attached hydrogens (tertiary/aromatic N) is 1. The Labute approximate surface area is 266 Å². The Morgan fingerprint density at radius 3 is 2.49 bits per heavy atom. The number of anilines is 2. The summed E-state index contributed by atoms with van der Waals surface area (Å²) in [5.74, 6) is -2.72. The quantitative estimate of drug-likeness (QED) is 0.233. The highest BCUT2D eigenvalue weighted by Gasteiger charge is 2.56. The van der Waals surface area contributed by atoms with Crippen LogP contribution >= 0.6 is 34.7 Å². The van der Waals surface area contributed by atoms with Gasteiger partial charge < -0.3 is 19.8 Å². The summed E-state index contributed by atoms with van der Waals surface area (Å²) < 4.78 is 50.2. The molecule has 0 bridgehead atoms. The summed E-state index contributed by atoms with van der Waals surface area (Å²) in [6.45, 7) is -0.538. The third-order valence-electron chi connectivity index (χ3n) is 7.29. The summed E-state index contributed by atoms with van der Waals surface area (Å²) in [6.07, 6.45) is -4.56. The number of benzene rings is 3. The number of imide groups is 1. The number of hydrogen-bond acceptors (Lipinski definition) is 8. The number of thioether (sulfide) groups is 1. The molecule has 1 fully saturated rings. The van der Waals surface area contributed by atoms with Crippen molar-refractivity contribution >= 4 is 63.8 Å². The number of aromatic amines is 1. The maximum Gasteiger partial charge on any atom is 0.416 e. The normalized spacial score (nSPS) is 19.2. The van der Waals surface area contributed by atoms with Crippen molar-refractivity contribution < 1.29 is 37.0 Å². The number of methoxy groups -OCH3 is 1. The molecule has 3 aromatic carbocycles. The number of rotatable bonds is 7. The fourth-order valence-corrected chi connectivity index (χ4v) is 7.97. The van der Waals surface area contributed by atoms with E-state index in [1.807, 2.05) is 0 Å². The second-order valence-corrected chi connectivity index (χ2v) is 12.7. The maximum atomic E-state index is 13.9. The van der Waals surface area contributed by atoms with Gasteiger partial charge in [0.05, 0.1) is 29.3 Å². The minimum absolute atomic E-state index is 0.0461. The molecule has 2 aliphatic heterocycles. The summed E-state index contributed by atoms with van der Waals surface area (Å²) in [5.41, 5.74) is -0.00500. The van der Waals surface area contributed by atoms with Crippen LogP contribution in [0.5, 0.6) is 11.5 Å². The summed E-state index contributed by atoms with van der Waals surface area (Å²) in [5, 5.41) is 2.52. The summed E-state index contributed by atoms with van der Waals surface area (Å²) >= 11 is 8.10. The largest absolute Gasteiger partial charge is 0.493 e. The van der Waals surface area contributed by atoms with E-state index in [2.05, 4.69) is 10.3 Å². The third-order valence-corrected chi connectivity index (χ3v) is 9.94. The van der Waals surface area contributed by atoms with Gasteiger partial charge in [-0.15, -0.1) is 0 Å². The monoisotopic (exact) mass is 675 g/mol. The molecular weight excluding hydrogens is 655 g/mol. The molecule has 0 radical (unpaired) electrons. The molecule has 3 heterocycles. The van der Waals surface area contributed by atoms with Gasteiger partial charge in [-0.3, -0.25) is 19.2 Å². The van der Waals surface area contributed by atoms with Crippen LogP contribution in [0.4, 0.5) is 24.5 Å². The molecule has 6 rings (SSSR count). The highest BCUT2D eigenvalue weighted by molar-refractivity contribution is 8.00. The van der Waals surface area contributed by atoms with Crippen molar-refractivity contribution in [1.29, 1.82) is 0 Å². The number of alkyl halides is 3. The summed E-state index contributed by atoms with van der Waals surface area (Å²) in [4.78, 5) is 56.5. The molecule has 9 nitrogen and oxygen atoms in total. The molecule has 45 heavy (non-hydrogen) atoms. The van der Waals surface area contributed by atoms with Gasteiger partial charge in [0.2, 0.25) is 11.8 Å². The number of nitrogens with one attached hydrogen (secondary N) is 2. The van der Waals surface area contributed by atoms with E-state index >= 15 is 0 Å². The molecule has 3 unspecified atom stereocenters. The van der Waals surface area contributed by atoms with Crippen LogP contribution in [0.3, 0.4) is 0 Å². The average Bonchev–Trinajstić information content (AvgIpc) is 3.50. The number of halogens is 4. The number of carbonyl (C=O) groups is 3. The van der Waals surface area contributed by atoms with Gasteiger partial charge in [0.15, 0.2) is 18.1 Å². The number of ether oxygens (including phenoxy) is 2. The van der Waals surface area contributed by atoms with Gasteiger partial charge >= 0.3 is 11.0 Å². The van der Waals surface area contributed by atoms with Crippen molar-refractivity contribution in [3.8, 4) is 11.5 Å². The van der Waals surface area contributed by atoms with Crippen LogP contribution in [0.15, 0.2) is 76.6 Å².